The fraction of sp³-hybridized carbons (Fsp3) is 0.125. The van der Waals surface area contributed by atoms with Crippen LogP contribution in [0.25, 0.3) is 0 Å². The summed E-state index contributed by atoms with van der Waals surface area (Å²) in [5.74, 6) is -0.479. The number of anilines is 1. The minimum Gasteiger partial charge on any atom is -0.489 e. The zero-order chi connectivity index (χ0) is 22.1. The molecule has 0 aliphatic carbocycles. The molecule has 0 heterocycles. The molecule has 0 spiro atoms. The zero-order valence-electron chi connectivity index (χ0n) is 17.0. The topological polar surface area (TPSA) is 79.8 Å². The third-order valence-electron chi connectivity index (χ3n) is 4.26. The molecule has 3 aromatic rings. The molecule has 7 heteroatoms. The average Bonchev–Trinajstić information content (AvgIpc) is 2.78. The smallest absolute Gasteiger partial charge is 0.271 e. The molecule has 2 N–H and O–H groups in total. The number of halogens is 1. The predicted octanol–water partition coefficient (Wildman–Crippen LogP) is 4.54. The molecule has 0 fully saturated rings. The first-order valence-corrected chi connectivity index (χ1v) is 9.65. The molecule has 6 nitrogen and oxygen atoms in total. The fourth-order valence-corrected chi connectivity index (χ4v) is 2.66. The van der Waals surface area contributed by atoms with Crippen LogP contribution in [0.4, 0.5) is 10.1 Å². The van der Waals surface area contributed by atoms with E-state index in [2.05, 4.69) is 15.8 Å². The van der Waals surface area contributed by atoms with Gasteiger partial charge in [-0.15, -0.1) is 0 Å². The monoisotopic (exact) mass is 419 g/mol. The number of amides is 2. The van der Waals surface area contributed by atoms with Crippen molar-refractivity contribution < 1.29 is 18.7 Å². The Kier molecular flexibility index (Phi) is 7.48. The Morgan fingerprint density at radius 1 is 0.935 bits per heavy atom. The number of nitrogens with zero attached hydrogens (tertiary/aromatic N) is 1. The van der Waals surface area contributed by atoms with E-state index < -0.39 is 11.7 Å². The number of benzene rings is 3. The van der Waals surface area contributed by atoms with Gasteiger partial charge in [-0.1, -0.05) is 30.3 Å². The third-order valence-corrected chi connectivity index (χ3v) is 4.26. The van der Waals surface area contributed by atoms with Gasteiger partial charge in [-0.05, 0) is 61.0 Å². The second kappa shape index (κ2) is 10.7. The van der Waals surface area contributed by atoms with Crippen LogP contribution in [-0.2, 0) is 11.4 Å². The molecule has 0 bridgehead atoms. The highest BCUT2D eigenvalue weighted by Crippen LogP contribution is 2.17. The Labute approximate surface area is 179 Å². The van der Waals surface area contributed by atoms with Gasteiger partial charge in [0, 0.05) is 17.0 Å². The molecule has 0 radical (unpaired) electrons. The quantitative estimate of drug-likeness (QED) is 0.416. The van der Waals surface area contributed by atoms with Crippen molar-refractivity contribution in [3.05, 3.63) is 95.8 Å². The summed E-state index contributed by atoms with van der Waals surface area (Å²) >= 11 is 0. The first-order valence-electron chi connectivity index (χ1n) is 9.65. The van der Waals surface area contributed by atoms with E-state index in [-0.39, 0.29) is 17.9 Å². The lowest BCUT2D eigenvalue weighted by atomic mass is 10.2. The van der Waals surface area contributed by atoms with Crippen molar-refractivity contribution in [1.82, 2.24) is 5.43 Å². The van der Waals surface area contributed by atoms with Crippen molar-refractivity contribution in [2.75, 3.05) is 5.32 Å². The summed E-state index contributed by atoms with van der Waals surface area (Å²) in [4.78, 5) is 24.2. The van der Waals surface area contributed by atoms with Crippen molar-refractivity contribution in [1.29, 1.82) is 0 Å². The van der Waals surface area contributed by atoms with Crippen LogP contribution in [0, 0.1) is 5.82 Å². The maximum atomic E-state index is 12.9. The minimum atomic E-state index is -0.481. The van der Waals surface area contributed by atoms with Gasteiger partial charge in [-0.25, -0.2) is 9.82 Å². The van der Waals surface area contributed by atoms with Crippen LogP contribution >= 0.6 is 0 Å². The minimum absolute atomic E-state index is 0.00988. The molecule has 31 heavy (non-hydrogen) atoms. The summed E-state index contributed by atoms with van der Waals surface area (Å²) in [6, 6.07) is 22.0. The van der Waals surface area contributed by atoms with Gasteiger partial charge in [0.2, 0.25) is 5.91 Å². The Morgan fingerprint density at radius 3 is 2.29 bits per heavy atom. The number of carbonyl (C=O) groups excluding carboxylic acids is 2. The highest BCUT2D eigenvalue weighted by atomic mass is 19.1. The number of nitrogens with one attached hydrogen (secondary N) is 2. The van der Waals surface area contributed by atoms with Crippen LogP contribution in [0.5, 0.6) is 5.75 Å². The Balaban J connectivity index is 1.45. The van der Waals surface area contributed by atoms with Gasteiger partial charge in [-0.2, -0.15) is 5.10 Å². The number of hydrogen-bond donors (Lipinski definition) is 2. The molecule has 0 aliphatic rings. The maximum absolute atomic E-state index is 12.9. The normalized spacial score (nSPS) is 11.0. The maximum Gasteiger partial charge on any atom is 0.271 e. The Hall–Kier alpha value is -4.00. The van der Waals surface area contributed by atoms with E-state index in [0.717, 1.165) is 5.56 Å². The van der Waals surface area contributed by atoms with E-state index in [9.17, 15) is 14.0 Å². The SMILES string of the molecule is C/C(CC(=O)Nc1ccc(OCc2ccccc2)cc1)=N\NC(=O)c1ccc(F)cc1. The lowest BCUT2D eigenvalue weighted by molar-refractivity contribution is -0.115. The predicted molar refractivity (Wildman–Crippen MR) is 117 cm³/mol. The Morgan fingerprint density at radius 2 is 1.61 bits per heavy atom. The number of carbonyl (C=O) groups is 2. The summed E-state index contributed by atoms with van der Waals surface area (Å²) in [5.41, 5.74) is 4.75. The lowest BCUT2D eigenvalue weighted by Gasteiger charge is -2.09. The molecule has 2 amide bonds. The number of hydrazone groups is 1. The Bertz CT molecular complexity index is 1050. The number of rotatable bonds is 8. The summed E-state index contributed by atoms with van der Waals surface area (Å²) in [7, 11) is 0. The summed E-state index contributed by atoms with van der Waals surface area (Å²) in [6.07, 6.45) is 0.00988. The molecular weight excluding hydrogens is 397 g/mol. The van der Waals surface area contributed by atoms with E-state index in [0.29, 0.717) is 23.8 Å². The van der Waals surface area contributed by atoms with E-state index >= 15 is 0 Å². The highest BCUT2D eigenvalue weighted by molar-refractivity contribution is 6.06. The van der Waals surface area contributed by atoms with Gasteiger partial charge in [0.25, 0.3) is 5.91 Å². The van der Waals surface area contributed by atoms with Crippen LogP contribution in [0.2, 0.25) is 0 Å². The highest BCUT2D eigenvalue weighted by Gasteiger charge is 2.08. The van der Waals surface area contributed by atoms with Crippen LogP contribution in [0.3, 0.4) is 0 Å². The molecule has 0 atom stereocenters. The van der Waals surface area contributed by atoms with E-state index in [1.54, 1.807) is 31.2 Å². The molecule has 3 rings (SSSR count). The molecule has 0 unspecified atom stereocenters. The van der Waals surface area contributed by atoms with Crippen LogP contribution in [0.1, 0.15) is 29.3 Å². The van der Waals surface area contributed by atoms with Crippen molar-refractivity contribution in [2.24, 2.45) is 5.10 Å². The van der Waals surface area contributed by atoms with E-state index in [4.69, 9.17) is 4.74 Å². The summed E-state index contributed by atoms with van der Waals surface area (Å²) in [6.45, 7) is 2.09. The first-order chi connectivity index (χ1) is 15.0. The molecule has 0 saturated heterocycles. The van der Waals surface area contributed by atoms with E-state index in [1.807, 2.05) is 30.3 Å². The number of ether oxygens (including phenoxy) is 1. The molecule has 0 aromatic heterocycles. The molecule has 158 valence electrons. The molecule has 0 aliphatic heterocycles. The standard InChI is InChI=1S/C24H22FN3O3/c1-17(27-28-24(30)19-7-9-20(25)10-8-19)15-23(29)26-21-11-13-22(14-12-21)31-16-18-5-3-2-4-6-18/h2-14H,15-16H2,1H3,(H,26,29)(H,28,30)/b27-17+. The fourth-order valence-electron chi connectivity index (χ4n) is 2.66. The van der Waals surface area contributed by atoms with Crippen molar-refractivity contribution in [3.63, 3.8) is 0 Å². The van der Waals surface area contributed by atoms with Gasteiger partial charge in [0.05, 0.1) is 6.42 Å². The molecule has 3 aromatic carbocycles. The van der Waals surface area contributed by atoms with Crippen molar-refractivity contribution >= 4 is 23.2 Å². The lowest BCUT2D eigenvalue weighted by Crippen LogP contribution is -2.21. The van der Waals surface area contributed by atoms with Gasteiger partial charge in [0.15, 0.2) is 0 Å². The van der Waals surface area contributed by atoms with Crippen LogP contribution in [-0.4, -0.2) is 17.5 Å². The van der Waals surface area contributed by atoms with Crippen LogP contribution < -0.4 is 15.5 Å². The number of hydrogen-bond acceptors (Lipinski definition) is 4. The third kappa shape index (κ3) is 7.08. The van der Waals surface area contributed by atoms with Gasteiger partial charge < -0.3 is 10.1 Å². The second-order valence-electron chi connectivity index (χ2n) is 6.82. The second-order valence-corrected chi connectivity index (χ2v) is 6.82. The molecular formula is C24H22FN3O3. The van der Waals surface area contributed by atoms with Crippen molar-refractivity contribution in [3.8, 4) is 5.75 Å². The van der Waals surface area contributed by atoms with Gasteiger partial charge in [-0.3, -0.25) is 9.59 Å². The van der Waals surface area contributed by atoms with Gasteiger partial charge >= 0.3 is 0 Å². The zero-order valence-corrected chi connectivity index (χ0v) is 17.0. The average molecular weight is 419 g/mol. The van der Waals surface area contributed by atoms with Gasteiger partial charge in [0.1, 0.15) is 18.2 Å². The molecule has 0 saturated carbocycles. The van der Waals surface area contributed by atoms with Crippen LogP contribution in [0.15, 0.2) is 84.0 Å². The first kappa shape index (κ1) is 21.7. The van der Waals surface area contributed by atoms with Crippen molar-refractivity contribution in [2.45, 2.75) is 20.0 Å². The largest absolute Gasteiger partial charge is 0.489 e. The summed E-state index contributed by atoms with van der Waals surface area (Å²) in [5, 5.41) is 6.68. The van der Waals surface area contributed by atoms with E-state index in [1.165, 1.54) is 24.3 Å². The summed E-state index contributed by atoms with van der Waals surface area (Å²) < 4.78 is 18.6.